The smallest absolute Gasteiger partial charge is 0.472 e. The molecule has 0 bridgehead atoms. The quantitative estimate of drug-likeness (QED) is 0.0866. The molecule has 0 saturated heterocycles. The van der Waals surface area contributed by atoms with E-state index in [4.69, 9.17) is 13.8 Å². The Hall–Kier alpha value is -1.24. The average Bonchev–Trinajstić information content (AvgIpc) is 2.90. The molecule has 8 heteroatoms. The number of phosphoric ester groups is 1. The highest BCUT2D eigenvalue weighted by atomic mass is 31.2. The molecule has 0 amide bonds. The Balaban J connectivity index is 2.40. The van der Waals surface area contributed by atoms with E-state index in [0.29, 0.717) is 19.3 Å². The molecule has 1 aromatic carbocycles. The van der Waals surface area contributed by atoms with E-state index in [0.717, 1.165) is 37.3 Å². The van der Waals surface area contributed by atoms with Crippen molar-refractivity contribution in [2.75, 3.05) is 33.9 Å². The van der Waals surface area contributed by atoms with Gasteiger partial charge in [0.1, 0.15) is 11.5 Å². The van der Waals surface area contributed by atoms with Crippen LogP contribution in [0, 0.1) is 5.92 Å². The Kier molecular flexibility index (Phi) is 20.6. The monoisotopic (exact) mass is 583 g/mol. The van der Waals surface area contributed by atoms with Gasteiger partial charge in [0.05, 0.1) is 19.3 Å². The zero-order valence-corrected chi connectivity index (χ0v) is 27.0. The molecule has 1 aromatic rings. The van der Waals surface area contributed by atoms with Gasteiger partial charge in [-0.2, -0.15) is 0 Å². The first-order valence-corrected chi connectivity index (χ1v) is 17.2. The molecular weight excluding hydrogens is 525 g/mol. The number of phosphoric acid groups is 1. The SMILES string of the molecule is CCCCCCCCCCCCOc1ccc(CC(COP(=O)(O)OC(CC)CCCN(C)C)CC(C)=O)cc1. The summed E-state index contributed by atoms with van der Waals surface area (Å²) in [6, 6.07) is 7.90. The maximum atomic E-state index is 12.6. The van der Waals surface area contributed by atoms with E-state index in [-0.39, 0.29) is 30.8 Å². The molecule has 1 rings (SSSR count). The van der Waals surface area contributed by atoms with Crippen LogP contribution in [0.4, 0.5) is 0 Å². The van der Waals surface area contributed by atoms with Crippen molar-refractivity contribution in [3.8, 4) is 5.75 Å². The lowest BCUT2D eigenvalue weighted by atomic mass is 9.95. The van der Waals surface area contributed by atoms with Crippen LogP contribution in [0.2, 0.25) is 0 Å². The molecule has 0 fully saturated rings. The van der Waals surface area contributed by atoms with Crippen LogP contribution >= 0.6 is 7.82 Å². The predicted octanol–water partition coefficient (Wildman–Crippen LogP) is 8.38. The number of nitrogens with zero attached hydrogens (tertiary/aromatic N) is 1. The van der Waals surface area contributed by atoms with Crippen LogP contribution in [0.5, 0.6) is 5.75 Å². The molecule has 3 atom stereocenters. The Morgan fingerprint density at radius 1 is 0.925 bits per heavy atom. The number of hydrogen-bond donors (Lipinski definition) is 1. The van der Waals surface area contributed by atoms with E-state index in [1.165, 1.54) is 64.7 Å². The van der Waals surface area contributed by atoms with Crippen LogP contribution < -0.4 is 4.74 Å². The zero-order chi connectivity index (χ0) is 29.6. The maximum absolute atomic E-state index is 12.6. The van der Waals surface area contributed by atoms with Crippen LogP contribution in [-0.4, -0.2) is 55.5 Å². The molecular formula is C32H58NO6P. The van der Waals surface area contributed by atoms with Gasteiger partial charge < -0.3 is 19.3 Å². The molecule has 1 N–H and O–H groups in total. The minimum Gasteiger partial charge on any atom is -0.494 e. The fourth-order valence-electron chi connectivity index (χ4n) is 4.82. The first-order valence-electron chi connectivity index (χ1n) is 15.7. The molecule has 7 nitrogen and oxygen atoms in total. The second kappa shape index (κ2) is 22.4. The molecule has 0 aromatic heterocycles. The summed E-state index contributed by atoms with van der Waals surface area (Å²) in [4.78, 5) is 24.2. The van der Waals surface area contributed by atoms with Gasteiger partial charge in [-0.3, -0.25) is 9.05 Å². The molecule has 0 spiro atoms. The van der Waals surface area contributed by atoms with Gasteiger partial charge in [-0.25, -0.2) is 4.57 Å². The molecule has 0 aliphatic heterocycles. The Morgan fingerprint density at radius 3 is 2.08 bits per heavy atom. The van der Waals surface area contributed by atoms with Crippen LogP contribution in [0.25, 0.3) is 0 Å². The lowest BCUT2D eigenvalue weighted by Gasteiger charge is -2.22. The van der Waals surface area contributed by atoms with Gasteiger partial charge in [0.25, 0.3) is 0 Å². The number of hydrogen-bond acceptors (Lipinski definition) is 6. The van der Waals surface area contributed by atoms with Crippen molar-refractivity contribution < 1.29 is 28.0 Å². The van der Waals surface area contributed by atoms with Crippen LogP contribution in [0.1, 0.15) is 116 Å². The van der Waals surface area contributed by atoms with E-state index in [9.17, 15) is 14.3 Å². The predicted molar refractivity (Wildman–Crippen MR) is 165 cm³/mol. The topological polar surface area (TPSA) is 85.3 Å². The molecule has 0 heterocycles. The van der Waals surface area contributed by atoms with Crippen molar-refractivity contribution in [2.24, 2.45) is 5.92 Å². The third kappa shape index (κ3) is 19.8. The summed E-state index contributed by atoms with van der Waals surface area (Å²) in [6.45, 7) is 7.31. The van der Waals surface area contributed by atoms with Gasteiger partial charge in [0, 0.05) is 6.42 Å². The fourth-order valence-corrected chi connectivity index (χ4v) is 5.91. The Morgan fingerprint density at radius 2 is 1.52 bits per heavy atom. The van der Waals surface area contributed by atoms with Crippen LogP contribution in [0.3, 0.4) is 0 Å². The summed E-state index contributed by atoms with van der Waals surface area (Å²) in [7, 11) is -0.221. The van der Waals surface area contributed by atoms with Crippen molar-refractivity contribution in [1.82, 2.24) is 4.90 Å². The van der Waals surface area contributed by atoms with Gasteiger partial charge >= 0.3 is 7.82 Å². The van der Waals surface area contributed by atoms with Crippen molar-refractivity contribution in [3.63, 3.8) is 0 Å². The third-order valence-corrected chi connectivity index (χ3v) is 8.17. The van der Waals surface area contributed by atoms with Gasteiger partial charge in [0.15, 0.2) is 0 Å². The minimum absolute atomic E-state index is 0.0154. The number of carbonyl (C=O) groups is 1. The highest BCUT2D eigenvalue weighted by Gasteiger charge is 2.27. The number of carbonyl (C=O) groups excluding carboxylic acids is 1. The summed E-state index contributed by atoms with van der Waals surface area (Å²) in [5.74, 6) is 0.648. The highest BCUT2D eigenvalue weighted by molar-refractivity contribution is 7.47. The number of Topliss-reactive ketones (excluding diaryl/α,β-unsaturated/α-hetero) is 1. The second-order valence-corrected chi connectivity index (χ2v) is 12.9. The second-order valence-electron chi connectivity index (χ2n) is 11.5. The first-order chi connectivity index (χ1) is 19.1. The molecule has 232 valence electrons. The fraction of sp³-hybridized carbons (Fsp3) is 0.781. The van der Waals surface area contributed by atoms with Crippen molar-refractivity contribution in [1.29, 1.82) is 0 Å². The summed E-state index contributed by atoms with van der Waals surface area (Å²) >= 11 is 0. The first kappa shape index (κ1) is 36.8. The van der Waals surface area contributed by atoms with Crippen LogP contribution in [-0.2, 0) is 24.8 Å². The normalized spacial score (nSPS) is 14.7. The number of benzene rings is 1. The summed E-state index contributed by atoms with van der Waals surface area (Å²) in [5, 5.41) is 0. The molecule has 3 unspecified atom stereocenters. The molecule has 0 aliphatic rings. The average molecular weight is 584 g/mol. The van der Waals surface area contributed by atoms with E-state index >= 15 is 0 Å². The summed E-state index contributed by atoms with van der Waals surface area (Å²) in [5.41, 5.74) is 1.03. The summed E-state index contributed by atoms with van der Waals surface area (Å²) < 4.78 is 29.4. The largest absolute Gasteiger partial charge is 0.494 e. The lowest BCUT2D eigenvalue weighted by Crippen LogP contribution is -2.19. The molecule has 40 heavy (non-hydrogen) atoms. The minimum atomic E-state index is -4.22. The Labute approximate surface area is 245 Å². The van der Waals surface area contributed by atoms with Gasteiger partial charge in [-0.15, -0.1) is 0 Å². The number of unbranched alkanes of at least 4 members (excludes halogenated alkanes) is 9. The molecule has 0 saturated carbocycles. The number of ketones is 1. The maximum Gasteiger partial charge on any atom is 0.472 e. The van der Waals surface area contributed by atoms with Crippen molar-refractivity contribution in [3.05, 3.63) is 29.8 Å². The highest BCUT2D eigenvalue weighted by Crippen LogP contribution is 2.46. The summed E-state index contributed by atoms with van der Waals surface area (Å²) in [6.07, 6.45) is 15.7. The zero-order valence-electron chi connectivity index (χ0n) is 26.1. The van der Waals surface area contributed by atoms with Gasteiger partial charge in [-0.1, -0.05) is 83.8 Å². The number of ether oxygens (including phenoxy) is 1. The molecule has 0 aliphatic carbocycles. The van der Waals surface area contributed by atoms with Gasteiger partial charge in [-0.05, 0) is 83.3 Å². The van der Waals surface area contributed by atoms with Gasteiger partial charge in [0.2, 0.25) is 0 Å². The van der Waals surface area contributed by atoms with E-state index < -0.39 is 7.82 Å². The third-order valence-electron chi connectivity index (χ3n) is 7.13. The number of rotatable bonds is 26. The standard InChI is InChI=1S/C32H58NO6P/c1-6-8-9-10-11-12-13-14-15-16-24-37-32-21-19-29(20-22-32)26-30(25-28(3)34)27-38-40(35,36)39-31(7-2)18-17-23-33(4)5/h19-22,30-31H,6-18,23-27H2,1-5H3,(H,35,36). The lowest BCUT2D eigenvalue weighted by molar-refractivity contribution is -0.118. The van der Waals surface area contributed by atoms with E-state index in [1.807, 2.05) is 45.3 Å². The van der Waals surface area contributed by atoms with Crippen molar-refractivity contribution in [2.45, 2.75) is 123 Å². The van der Waals surface area contributed by atoms with E-state index in [2.05, 4.69) is 11.8 Å². The Bertz CT molecular complexity index is 816. The van der Waals surface area contributed by atoms with E-state index in [1.54, 1.807) is 0 Å². The van der Waals surface area contributed by atoms with Crippen LogP contribution in [0.15, 0.2) is 24.3 Å². The molecule has 0 radical (unpaired) electrons. The van der Waals surface area contributed by atoms with Crippen molar-refractivity contribution >= 4 is 13.6 Å².